The summed E-state index contributed by atoms with van der Waals surface area (Å²) in [6, 6.07) is 13.9. The zero-order valence-corrected chi connectivity index (χ0v) is 15.7. The number of hydrogen-bond donors (Lipinski definition) is 1. The average Bonchev–Trinajstić information content (AvgIpc) is 2.71. The fourth-order valence-electron chi connectivity index (χ4n) is 2.93. The van der Waals surface area contributed by atoms with E-state index in [0.29, 0.717) is 29.4 Å². The number of anilines is 2. The molecule has 0 bridgehead atoms. The fraction of sp³-hybridized carbons (Fsp3) is 0.250. The minimum absolute atomic E-state index is 0.216. The van der Waals surface area contributed by atoms with Crippen LogP contribution >= 0.6 is 0 Å². The van der Waals surface area contributed by atoms with E-state index in [4.69, 9.17) is 9.47 Å². The van der Waals surface area contributed by atoms with E-state index in [2.05, 4.69) is 5.32 Å². The predicted octanol–water partition coefficient (Wildman–Crippen LogP) is 1.52. The SMILES string of the molecule is COc1cc(NC(=O)CN2CCN(c3ccccc3)C(=O)C2=O)cc(OC)c1. The molecule has 1 aliphatic heterocycles. The second kappa shape index (κ2) is 8.43. The molecule has 28 heavy (non-hydrogen) atoms. The third-order valence-electron chi connectivity index (χ3n) is 4.35. The van der Waals surface area contributed by atoms with Gasteiger partial charge in [0.25, 0.3) is 0 Å². The Morgan fingerprint density at radius 3 is 2.21 bits per heavy atom. The highest BCUT2D eigenvalue weighted by Crippen LogP contribution is 2.25. The molecule has 0 unspecified atom stereocenters. The molecule has 1 aliphatic rings. The minimum Gasteiger partial charge on any atom is -0.497 e. The first kappa shape index (κ1) is 19.2. The number of hydrogen-bond acceptors (Lipinski definition) is 5. The van der Waals surface area contributed by atoms with Gasteiger partial charge in [-0.15, -0.1) is 0 Å². The first-order valence-electron chi connectivity index (χ1n) is 8.70. The van der Waals surface area contributed by atoms with Crippen molar-refractivity contribution < 1.29 is 23.9 Å². The maximum Gasteiger partial charge on any atom is 0.316 e. The van der Waals surface area contributed by atoms with Gasteiger partial charge in [0.2, 0.25) is 5.91 Å². The van der Waals surface area contributed by atoms with Crippen molar-refractivity contribution in [3.63, 3.8) is 0 Å². The number of methoxy groups -OCH3 is 2. The molecule has 0 saturated carbocycles. The van der Waals surface area contributed by atoms with Crippen molar-refractivity contribution in [1.82, 2.24) is 4.90 Å². The number of piperazine rings is 1. The Morgan fingerprint density at radius 1 is 0.964 bits per heavy atom. The lowest BCUT2D eigenvalue weighted by Gasteiger charge is -2.33. The molecular formula is C20H21N3O5. The predicted molar refractivity (Wildman–Crippen MR) is 104 cm³/mol. The van der Waals surface area contributed by atoms with E-state index in [1.165, 1.54) is 24.0 Å². The number of amides is 3. The van der Waals surface area contributed by atoms with Crippen LogP contribution in [0.5, 0.6) is 11.5 Å². The van der Waals surface area contributed by atoms with E-state index < -0.39 is 17.7 Å². The highest BCUT2D eigenvalue weighted by atomic mass is 16.5. The monoisotopic (exact) mass is 383 g/mol. The molecule has 0 aliphatic carbocycles. The minimum atomic E-state index is -0.700. The second-order valence-corrected chi connectivity index (χ2v) is 6.17. The van der Waals surface area contributed by atoms with Crippen LogP contribution in [-0.2, 0) is 14.4 Å². The zero-order chi connectivity index (χ0) is 20.1. The third-order valence-corrected chi connectivity index (χ3v) is 4.35. The van der Waals surface area contributed by atoms with Crippen LogP contribution in [0.2, 0.25) is 0 Å². The molecule has 2 aromatic carbocycles. The van der Waals surface area contributed by atoms with Crippen molar-refractivity contribution in [1.29, 1.82) is 0 Å². The van der Waals surface area contributed by atoms with Crippen molar-refractivity contribution in [3.05, 3.63) is 48.5 Å². The molecule has 1 N–H and O–H groups in total. The molecular weight excluding hydrogens is 362 g/mol. The van der Waals surface area contributed by atoms with Crippen molar-refractivity contribution in [2.45, 2.75) is 0 Å². The van der Waals surface area contributed by atoms with E-state index in [0.717, 1.165) is 0 Å². The van der Waals surface area contributed by atoms with Gasteiger partial charge in [0.1, 0.15) is 18.0 Å². The summed E-state index contributed by atoms with van der Waals surface area (Å²) in [5, 5.41) is 2.70. The van der Waals surface area contributed by atoms with Gasteiger partial charge in [-0.2, -0.15) is 0 Å². The Labute approximate surface area is 162 Å². The van der Waals surface area contributed by atoms with E-state index in [-0.39, 0.29) is 13.1 Å². The lowest BCUT2D eigenvalue weighted by atomic mass is 10.2. The summed E-state index contributed by atoms with van der Waals surface area (Å²) in [6.07, 6.45) is 0. The molecule has 3 rings (SSSR count). The van der Waals surface area contributed by atoms with Crippen LogP contribution in [0.15, 0.2) is 48.5 Å². The van der Waals surface area contributed by atoms with E-state index >= 15 is 0 Å². The molecule has 146 valence electrons. The Kier molecular flexibility index (Phi) is 5.78. The molecule has 8 heteroatoms. The standard InChI is InChI=1S/C20H21N3O5/c1-27-16-10-14(11-17(12-16)28-2)21-18(24)13-22-8-9-23(20(26)19(22)25)15-6-4-3-5-7-15/h3-7,10-12H,8-9,13H2,1-2H3,(H,21,24). The van der Waals surface area contributed by atoms with Crippen LogP contribution in [0.25, 0.3) is 0 Å². The number of nitrogens with zero attached hydrogens (tertiary/aromatic N) is 2. The van der Waals surface area contributed by atoms with Gasteiger partial charge < -0.3 is 24.6 Å². The summed E-state index contributed by atoms with van der Waals surface area (Å²) in [5.74, 6) is -0.707. The van der Waals surface area contributed by atoms with Gasteiger partial charge in [0.15, 0.2) is 0 Å². The van der Waals surface area contributed by atoms with Gasteiger partial charge in [-0.3, -0.25) is 14.4 Å². The highest BCUT2D eigenvalue weighted by Gasteiger charge is 2.34. The average molecular weight is 383 g/mol. The largest absolute Gasteiger partial charge is 0.497 e. The van der Waals surface area contributed by atoms with Crippen LogP contribution in [0, 0.1) is 0 Å². The topological polar surface area (TPSA) is 88.2 Å². The van der Waals surface area contributed by atoms with Crippen molar-refractivity contribution >= 4 is 29.1 Å². The normalized spacial score (nSPS) is 14.1. The van der Waals surface area contributed by atoms with Gasteiger partial charge in [-0.05, 0) is 12.1 Å². The smallest absolute Gasteiger partial charge is 0.316 e. The van der Waals surface area contributed by atoms with E-state index in [1.54, 1.807) is 42.5 Å². The van der Waals surface area contributed by atoms with Crippen molar-refractivity contribution in [2.75, 3.05) is 44.1 Å². The second-order valence-electron chi connectivity index (χ2n) is 6.17. The molecule has 1 heterocycles. The lowest BCUT2D eigenvalue weighted by molar-refractivity contribution is -0.147. The quantitative estimate of drug-likeness (QED) is 0.764. The fourth-order valence-corrected chi connectivity index (χ4v) is 2.93. The third kappa shape index (κ3) is 4.22. The first-order chi connectivity index (χ1) is 13.5. The molecule has 0 aromatic heterocycles. The maximum absolute atomic E-state index is 12.4. The Bertz CT molecular complexity index is 862. The number of benzene rings is 2. The number of nitrogens with one attached hydrogen (secondary N) is 1. The molecule has 0 radical (unpaired) electrons. The summed E-state index contributed by atoms with van der Waals surface area (Å²) in [7, 11) is 3.02. The van der Waals surface area contributed by atoms with Crippen molar-refractivity contribution in [3.8, 4) is 11.5 Å². The molecule has 8 nitrogen and oxygen atoms in total. The summed E-state index contributed by atoms with van der Waals surface area (Å²) >= 11 is 0. The van der Waals surface area contributed by atoms with E-state index in [9.17, 15) is 14.4 Å². The van der Waals surface area contributed by atoms with Gasteiger partial charge >= 0.3 is 11.8 Å². The summed E-state index contributed by atoms with van der Waals surface area (Å²) < 4.78 is 10.3. The number of carbonyl (C=O) groups is 3. The Hall–Kier alpha value is -3.55. The van der Waals surface area contributed by atoms with Gasteiger partial charge in [0.05, 0.1) is 14.2 Å². The molecule has 2 aromatic rings. The van der Waals surface area contributed by atoms with Crippen LogP contribution < -0.4 is 19.7 Å². The number of para-hydroxylation sites is 1. The summed E-state index contributed by atoms with van der Waals surface area (Å²) in [4.78, 5) is 39.9. The molecule has 3 amide bonds. The molecule has 0 atom stereocenters. The number of carbonyl (C=O) groups excluding carboxylic acids is 3. The van der Waals surface area contributed by atoms with Crippen LogP contribution in [-0.4, -0.2) is 56.5 Å². The molecule has 0 spiro atoms. The maximum atomic E-state index is 12.4. The molecule has 1 fully saturated rings. The molecule has 1 saturated heterocycles. The van der Waals surface area contributed by atoms with Gasteiger partial charge in [0, 0.05) is 42.7 Å². The lowest BCUT2D eigenvalue weighted by Crippen LogP contribution is -2.56. The zero-order valence-electron chi connectivity index (χ0n) is 15.7. The van der Waals surface area contributed by atoms with Crippen LogP contribution in [0.4, 0.5) is 11.4 Å². The van der Waals surface area contributed by atoms with E-state index in [1.807, 2.05) is 6.07 Å². The van der Waals surface area contributed by atoms with Crippen molar-refractivity contribution in [2.24, 2.45) is 0 Å². The van der Waals surface area contributed by atoms with Gasteiger partial charge in [-0.1, -0.05) is 18.2 Å². The first-order valence-corrected chi connectivity index (χ1v) is 8.70. The number of rotatable bonds is 6. The number of ether oxygens (including phenoxy) is 2. The summed E-state index contributed by atoms with van der Waals surface area (Å²) in [6.45, 7) is 0.385. The summed E-state index contributed by atoms with van der Waals surface area (Å²) in [5.41, 5.74) is 1.14. The van der Waals surface area contributed by atoms with Crippen LogP contribution in [0.1, 0.15) is 0 Å². The Morgan fingerprint density at radius 2 is 1.61 bits per heavy atom. The highest BCUT2D eigenvalue weighted by molar-refractivity contribution is 6.41. The Balaban J connectivity index is 1.64. The van der Waals surface area contributed by atoms with Gasteiger partial charge in [-0.25, -0.2) is 0 Å². The van der Waals surface area contributed by atoms with Crippen LogP contribution in [0.3, 0.4) is 0 Å².